The summed E-state index contributed by atoms with van der Waals surface area (Å²) in [6.45, 7) is 3.46. The summed E-state index contributed by atoms with van der Waals surface area (Å²) in [6, 6.07) is 6.36. The Balaban J connectivity index is 1.50. The number of nitrogens with one attached hydrogen (secondary N) is 2. The summed E-state index contributed by atoms with van der Waals surface area (Å²) in [5.74, 6) is 1.17. The standard InChI is InChI=1S/C18H20FN3O3S2/c1-10-8-15(22-25-10)21-18(24)11(2)27-9-16(23)20-14-6-7-26-17-12(14)4-3-5-13(17)19/h3-5,8,11,14H,6-7,9H2,1-2H3,(H,20,23)(H,21,22,24)/t11-,14-/m0/s1. The van der Waals surface area contributed by atoms with Crippen molar-refractivity contribution < 1.29 is 18.5 Å². The number of aromatic nitrogens is 1. The van der Waals surface area contributed by atoms with Crippen LogP contribution in [-0.4, -0.2) is 33.7 Å². The van der Waals surface area contributed by atoms with Gasteiger partial charge in [0.25, 0.3) is 0 Å². The third-order valence-electron chi connectivity index (χ3n) is 4.07. The lowest BCUT2D eigenvalue weighted by Gasteiger charge is -2.26. The van der Waals surface area contributed by atoms with E-state index in [1.54, 1.807) is 26.0 Å². The molecule has 1 aromatic heterocycles. The Kier molecular flexibility index (Phi) is 6.43. The van der Waals surface area contributed by atoms with Crippen LogP contribution in [0, 0.1) is 12.7 Å². The van der Waals surface area contributed by atoms with Crippen LogP contribution in [0.1, 0.15) is 30.7 Å². The second kappa shape index (κ2) is 8.79. The van der Waals surface area contributed by atoms with Gasteiger partial charge in [-0.3, -0.25) is 9.59 Å². The van der Waals surface area contributed by atoms with Crippen molar-refractivity contribution in [2.45, 2.75) is 36.5 Å². The molecule has 27 heavy (non-hydrogen) atoms. The molecule has 6 nitrogen and oxygen atoms in total. The second-order valence-electron chi connectivity index (χ2n) is 6.18. The van der Waals surface area contributed by atoms with Gasteiger partial charge in [-0.15, -0.1) is 23.5 Å². The highest BCUT2D eigenvalue weighted by Crippen LogP contribution is 2.37. The zero-order chi connectivity index (χ0) is 19.4. The number of aryl methyl sites for hydroxylation is 1. The van der Waals surface area contributed by atoms with E-state index in [-0.39, 0.29) is 29.4 Å². The van der Waals surface area contributed by atoms with Crippen LogP contribution in [0.15, 0.2) is 33.7 Å². The average Bonchev–Trinajstić information content (AvgIpc) is 3.05. The molecule has 0 saturated carbocycles. The lowest BCUT2D eigenvalue weighted by molar-refractivity contribution is -0.119. The number of hydrogen-bond donors (Lipinski definition) is 2. The number of hydrogen-bond acceptors (Lipinski definition) is 6. The number of carbonyl (C=O) groups is 2. The number of halogens is 1. The highest BCUT2D eigenvalue weighted by Gasteiger charge is 2.25. The molecule has 2 atom stereocenters. The second-order valence-corrected chi connectivity index (χ2v) is 8.61. The van der Waals surface area contributed by atoms with Gasteiger partial charge in [0.2, 0.25) is 11.8 Å². The molecule has 0 radical (unpaired) electrons. The molecule has 0 fully saturated rings. The van der Waals surface area contributed by atoms with Crippen LogP contribution in [0.25, 0.3) is 0 Å². The van der Waals surface area contributed by atoms with Gasteiger partial charge >= 0.3 is 0 Å². The first kappa shape index (κ1) is 19.8. The fourth-order valence-electron chi connectivity index (χ4n) is 2.70. The smallest absolute Gasteiger partial charge is 0.238 e. The molecule has 0 unspecified atom stereocenters. The maximum Gasteiger partial charge on any atom is 0.238 e. The molecule has 1 aliphatic rings. The molecular weight excluding hydrogens is 389 g/mol. The van der Waals surface area contributed by atoms with Crippen LogP contribution in [0.5, 0.6) is 0 Å². The summed E-state index contributed by atoms with van der Waals surface area (Å²) in [7, 11) is 0. The molecule has 9 heteroatoms. The van der Waals surface area contributed by atoms with E-state index in [1.807, 2.05) is 6.07 Å². The number of anilines is 1. The molecule has 144 valence electrons. The van der Waals surface area contributed by atoms with Gasteiger partial charge in [0.05, 0.1) is 17.0 Å². The maximum atomic E-state index is 13.9. The predicted octanol–water partition coefficient (Wildman–Crippen LogP) is 3.54. The maximum absolute atomic E-state index is 13.9. The largest absolute Gasteiger partial charge is 0.360 e. The highest BCUT2D eigenvalue weighted by atomic mass is 32.2. The van der Waals surface area contributed by atoms with Gasteiger partial charge in [-0.1, -0.05) is 17.3 Å². The van der Waals surface area contributed by atoms with Gasteiger partial charge in [0.15, 0.2) is 5.82 Å². The number of rotatable bonds is 6. The molecule has 3 rings (SSSR count). The lowest BCUT2D eigenvalue weighted by Crippen LogP contribution is -2.33. The van der Waals surface area contributed by atoms with E-state index in [0.717, 1.165) is 17.7 Å². The Morgan fingerprint density at radius 1 is 1.48 bits per heavy atom. The Labute approximate surface area is 165 Å². The summed E-state index contributed by atoms with van der Waals surface area (Å²) >= 11 is 2.70. The van der Waals surface area contributed by atoms with Crippen LogP contribution in [0.4, 0.5) is 10.2 Å². The average molecular weight is 410 g/mol. The zero-order valence-corrected chi connectivity index (χ0v) is 16.6. The van der Waals surface area contributed by atoms with E-state index >= 15 is 0 Å². The minimum atomic E-state index is -0.431. The molecule has 2 amide bonds. The van der Waals surface area contributed by atoms with Crippen molar-refractivity contribution in [3.05, 3.63) is 41.4 Å². The van der Waals surface area contributed by atoms with Crippen molar-refractivity contribution in [1.82, 2.24) is 10.5 Å². The number of thioether (sulfide) groups is 2. The highest BCUT2D eigenvalue weighted by molar-refractivity contribution is 8.01. The number of benzene rings is 1. The molecule has 1 aliphatic heterocycles. The zero-order valence-electron chi connectivity index (χ0n) is 15.0. The minimum Gasteiger partial charge on any atom is -0.360 e. The fraction of sp³-hybridized carbons (Fsp3) is 0.389. The van der Waals surface area contributed by atoms with E-state index in [4.69, 9.17) is 4.52 Å². The molecule has 0 saturated heterocycles. The normalized spacial score (nSPS) is 17.1. The fourth-order valence-corrected chi connectivity index (χ4v) is 4.54. The summed E-state index contributed by atoms with van der Waals surface area (Å²) in [5, 5.41) is 8.88. The molecule has 2 N–H and O–H groups in total. The third-order valence-corrected chi connectivity index (χ3v) is 6.38. The lowest BCUT2D eigenvalue weighted by atomic mass is 10.0. The Morgan fingerprint density at radius 3 is 3.04 bits per heavy atom. The van der Waals surface area contributed by atoms with Crippen LogP contribution in [0.3, 0.4) is 0 Å². The predicted molar refractivity (Wildman–Crippen MR) is 104 cm³/mol. The van der Waals surface area contributed by atoms with Crippen molar-refractivity contribution in [3.8, 4) is 0 Å². The van der Waals surface area contributed by atoms with Crippen LogP contribution >= 0.6 is 23.5 Å². The number of fused-ring (bicyclic) bond motifs is 1. The van der Waals surface area contributed by atoms with Gasteiger partial charge in [-0.25, -0.2) is 4.39 Å². The Bertz CT molecular complexity index is 843. The first-order chi connectivity index (χ1) is 12.9. The molecule has 1 aromatic carbocycles. The molecule has 2 aromatic rings. The van der Waals surface area contributed by atoms with E-state index in [1.165, 1.54) is 29.6 Å². The van der Waals surface area contributed by atoms with Crippen molar-refractivity contribution in [3.63, 3.8) is 0 Å². The van der Waals surface area contributed by atoms with E-state index in [9.17, 15) is 14.0 Å². The topological polar surface area (TPSA) is 84.2 Å². The van der Waals surface area contributed by atoms with Gasteiger partial charge < -0.3 is 15.2 Å². The summed E-state index contributed by atoms with van der Waals surface area (Å²) in [6.07, 6.45) is 0.749. The number of carbonyl (C=O) groups excluding carboxylic acids is 2. The third kappa shape index (κ3) is 5.04. The quantitative estimate of drug-likeness (QED) is 0.759. The van der Waals surface area contributed by atoms with Crippen molar-refractivity contribution in [2.24, 2.45) is 0 Å². The number of nitrogens with zero attached hydrogens (tertiary/aromatic N) is 1. The molecule has 0 spiro atoms. The van der Waals surface area contributed by atoms with Crippen LogP contribution < -0.4 is 10.6 Å². The van der Waals surface area contributed by atoms with Crippen molar-refractivity contribution in [2.75, 3.05) is 16.8 Å². The molecular formula is C18H20FN3O3S2. The summed E-state index contributed by atoms with van der Waals surface area (Å²) in [5.41, 5.74) is 0.816. The van der Waals surface area contributed by atoms with Gasteiger partial charge in [0, 0.05) is 16.7 Å². The molecule has 0 aliphatic carbocycles. The van der Waals surface area contributed by atoms with E-state index in [0.29, 0.717) is 16.5 Å². The SMILES string of the molecule is Cc1cc(NC(=O)[C@H](C)SCC(=O)N[C@H]2CCSc3c(F)cccc32)no1. The Hall–Kier alpha value is -2.00. The number of amides is 2. The monoisotopic (exact) mass is 409 g/mol. The van der Waals surface area contributed by atoms with E-state index in [2.05, 4.69) is 15.8 Å². The summed E-state index contributed by atoms with van der Waals surface area (Å²) < 4.78 is 18.8. The minimum absolute atomic E-state index is 0.140. The van der Waals surface area contributed by atoms with Crippen LogP contribution in [-0.2, 0) is 9.59 Å². The van der Waals surface area contributed by atoms with Gasteiger partial charge in [-0.2, -0.15) is 0 Å². The first-order valence-corrected chi connectivity index (χ1v) is 10.5. The van der Waals surface area contributed by atoms with Gasteiger partial charge in [0.1, 0.15) is 11.6 Å². The molecule has 0 bridgehead atoms. The van der Waals surface area contributed by atoms with Gasteiger partial charge in [-0.05, 0) is 31.9 Å². The van der Waals surface area contributed by atoms with Crippen molar-refractivity contribution in [1.29, 1.82) is 0 Å². The van der Waals surface area contributed by atoms with E-state index < -0.39 is 5.25 Å². The van der Waals surface area contributed by atoms with Crippen LogP contribution in [0.2, 0.25) is 0 Å². The molecule has 2 heterocycles. The Morgan fingerprint density at radius 2 is 2.30 bits per heavy atom. The summed E-state index contributed by atoms with van der Waals surface area (Å²) in [4.78, 5) is 25.0. The van der Waals surface area contributed by atoms with Crippen molar-refractivity contribution >= 4 is 41.2 Å². The first-order valence-electron chi connectivity index (χ1n) is 8.50.